The van der Waals surface area contributed by atoms with E-state index in [0.717, 1.165) is 46.9 Å². The molecule has 4 aliphatic rings. The summed E-state index contributed by atoms with van der Waals surface area (Å²) >= 11 is 6.23. The van der Waals surface area contributed by atoms with Crippen molar-refractivity contribution in [3.05, 3.63) is 76.8 Å². The van der Waals surface area contributed by atoms with Gasteiger partial charge < -0.3 is 15.2 Å². The van der Waals surface area contributed by atoms with E-state index >= 15 is 0 Å². The smallest absolute Gasteiger partial charge is 0.255 e. The van der Waals surface area contributed by atoms with Crippen LogP contribution in [0.15, 0.2) is 60.7 Å². The van der Waals surface area contributed by atoms with Crippen molar-refractivity contribution in [2.75, 3.05) is 6.61 Å². The third-order valence-corrected chi connectivity index (χ3v) is 9.58. The van der Waals surface area contributed by atoms with Gasteiger partial charge in [-0.15, -0.1) is 0 Å². The molecule has 0 spiro atoms. The quantitative estimate of drug-likeness (QED) is 0.284. The number of carbonyl (C=O) groups excluding carboxylic acids is 1. The van der Waals surface area contributed by atoms with E-state index in [2.05, 4.69) is 23.5 Å². The van der Waals surface area contributed by atoms with Crippen LogP contribution in [0.5, 0.6) is 5.75 Å². The molecule has 4 fully saturated rings. The normalized spacial score (nSPS) is 26.4. The summed E-state index contributed by atoms with van der Waals surface area (Å²) in [5, 5.41) is 16.5. The highest BCUT2D eigenvalue weighted by Gasteiger charge is 2.50. The Morgan fingerprint density at radius 1 is 1.00 bits per heavy atom. The molecule has 3 aromatic carbocycles. The lowest BCUT2D eigenvalue weighted by molar-refractivity contribution is -0.0597. The Labute approximate surface area is 230 Å². The number of rotatable bonds is 10. The number of nitrogens with one attached hydrogen (secondary N) is 1. The number of aliphatic hydroxyl groups is 1. The summed E-state index contributed by atoms with van der Waals surface area (Å²) in [6.45, 7) is 0.575. The van der Waals surface area contributed by atoms with E-state index < -0.39 is 6.10 Å². The van der Waals surface area contributed by atoms with Crippen molar-refractivity contribution in [3.8, 4) is 5.75 Å². The molecule has 1 unspecified atom stereocenters. The van der Waals surface area contributed by atoms with Gasteiger partial charge in [0.1, 0.15) is 12.4 Å². The molecule has 1 atom stereocenters. The first-order chi connectivity index (χ1) is 18.5. The summed E-state index contributed by atoms with van der Waals surface area (Å²) in [5.41, 5.74) is 1.98. The molecule has 0 radical (unpaired) electrons. The summed E-state index contributed by atoms with van der Waals surface area (Å²) in [6, 6.07) is 19.3. The van der Waals surface area contributed by atoms with Crippen molar-refractivity contribution in [1.82, 2.24) is 5.32 Å². The summed E-state index contributed by atoms with van der Waals surface area (Å²) in [4.78, 5) is 13.1. The van der Waals surface area contributed by atoms with Crippen molar-refractivity contribution in [2.24, 2.45) is 23.2 Å². The van der Waals surface area contributed by atoms with Crippen LogP contribution in [0, 0.1) is 23.2 Å². The number of aliphatic hydroxyl groups excluding tert-OH is 1. The van der Waals surface area contributed by atoms with E-state index in [0.29, 0.717) is 28.3 Å². The van der Waals surface area contributed by atoms with Crippen LogP contribution in [0.25, 0.3) is 10.8 Å². The largest absolute Gasteiger partial charge is 0.490 e. The molecule has 7 rings (SSSR count). The average molecular weight is 532 g/mol. The monoisotopic (exact) mass is 531 g/mol. The Bertz CT molecular complexity index is 1260. The average Bonchev–Trinajstić information content (AvgIpc) is 2.90. The van der Waals surface area contributed by atoms with Gasteiger partial charge in [0, 0.05) is 11.6 Å². The van der Waals surface area contributed by atoms with Gasteiger partial charge >= 0.3 is 0 Å². The van der Waals surface area contributed by atoms with Gasteiger partial charge in [-0.2, -0.15) is 0 Å². The highest BCUT2D eigenvalue weighted by molar-refractivity contribution is 6.31. The van der Waals surface area contributed by atoms with Gasteiger partial charge in [-0.3, -0.25) is 4.79 Å². The number of amides is 1. The molecule has 4 bridgehead atoms. The zero-order chi connectivity index (χ0) is 26.1. The maximum atomic E-state index is 13.1. The number of benzene rings is 3. The molecule has 0 aliphatic heterocycles. The Morgan fingerprint density at radius 2 is 1.71 bits per heavy atom. The van der Waals surface area contributed by atoms with Crippen LogP contribution in [0.3, 0.4) is 0 Å². The van der Waals surface area contributed by atoms with Crippen LogP contribution in [-0.4, -0.2) is 23.7 Å². The van der Waals surface area contributed by atoms with Crippen LogP contribution in [0.2, 0.25) is 5.02 Å². The lowest BCUT2D eigenvalue weighted by atomic mass is 9.48. The first kappa shape index (κ1) is 25.7. The molecule has 200 valence electrons. The molecule has 2 N–H and O–H groups in total. The van der Waals surface area contributed by atoms with Gasteiger partial charge in [0.2, 0.25) is 0 Å². The molecule has 1 amide bonds. The van der Waals surface area contributed by atoms with Gasteiger partial charge in [0.25, 0.3) is 5.91 Å². The first-order valence-corrected chi connectivity index (χ1v) is 14.7. The number of ether oxygens (including phenoxy) is 1. The highest BCUT2D eigenvalue weighted by atomic mass is 35.5. The third kappa shape index (κ3) is 5.58. The minimum absolute atomic E-state index is 0.173. The van der Waals surface area contributed by atoms with Crippen molar-refractivity contribution >= 4 is 28.3 Å². The minimum atomic E-state index is -0.550. The van der Waals surface area contributed by atoms with Gasteiger partial charge in [0.05, 0.1) is 11.7 Å². The Hall–Kier alpha value is -2.56. The molecular formula is C33H38ClNO3. The van der Waals surface area contributed by atoms with E-state index in [4.69, 9.17) is 16.3 Å². The molecule has 38 heavy (non-hydrogen) atoms. The fourth-order valence-corrected chi connectivity index (χ4v) is 8.27. The van der Waals surface area contributed by atoms with Crippen molar-refractivity contribution < 1.29 is 14.6 Å². The fourth-order valence-electron chi connectivity index (χ4n) is 8.10. The Kier molecular flexibility index (Phi) is 7.37. The maximum Gasteiger partial charge on any atom is 0.255 e. The van der Waals surface area contributed by atoms with E-state index in [1.54, 1.807) is 18.2 Å². The number of hydrogen-bond donors (Lipinski definition) is 2. The summed E-state index contributed by atoms with van der Waals surface area (Å²) in [7, 11) is 0. The van der Waals surface area contributed by atoms with E-state index in [1.165, 1.54) is 44.9 Å². The summed E-state index contributed by atoms with van der Waals surface area (Å²) in [6.07, 6.45) is 11.1. The van der Waals surface area contributed by atoms with Gasteiger partial charge in [-0.25, -0.2) is 0 Å². The number of hydrogen-bond acceptors (Lipinski definition) is 3. The number of carbonyl (C=O) groups is 1. The maximum absolute atomic E-state index is 13.1. The van der Waals surface area contributed by atoms with Crippen LogP contribution in [-0.2, 0) is 6.54 Å². The first-order valence-electron chi connectivity index (χ1n) is 14.3. The number of halogens is 1. The minimum Gasteiger partial charge on any atom is -0.490 e. The Morgan fingerprint density at radius 3 is 2.47 bits per heavy atom. The van der Waals surface area contributed by atoms with Gasteiger partial charge in [-0.1, -0.05) is 60.5 Å². The molecule has 3 aromatic rings. The topological polar surface area (TPSA) is 58.6 Å². The molecular weight excluding hydrogens is 494 g/mol. The zero-order valence-electron chi connectivity index (χ0n) is 22.0. The standard InChI is InChI=1S/C33H38ClNO3/c34-27-10-11-31(30(16-27)32(37)35-20-26-7-3-6-25-5-1-2-9-29(25)26)38-21-28(36)8-4-12-33-17-22-13-23(18-33)15-24(14-22)19-33/h1-3,5-7,9-11,16,22-24,28,36H,4,8,12-15,17-21H2,(H,35,37). The summed E-state index contributed by atoms with van der Waals surface area (Å²) < 4.78 is 5.97. The molecule has 0 aromatic heterocycles. The van der Waals surface area contributed by atoms with Crippen molar-refractivity contribution in [3.63, 3.8) is 0 Å². The van der Waals surface area contributed by atoms with Crippen LogP contribution in [0.4, 0.5) is 0 Å². The van der Waals surface area contributed by atoms with E-state index in [-0.39, 0.29) is 12.5 Å². The number of fused-ring (bicyclic) bond motifs is 1. The van der Waals surface area contributed by atoms with Crippen LogP contribution in [0.1, 0.15) is 73.7 Å². The van der Waals surface area contributed by atoms with Crippen LogP contribution < -0.4 is 10.1 Å². The molecule has 4 nitrogen and oxygen atoms in total. The lowest BCUT2D eigenvalue weighted by Gasteiger charge is -2.57. The summed E-state index contributed by atoms with van der Waals surface area (Å²) in [5.74, 6) is 3.09. The predicted octanol–water partition coefficient (Wildman–Crippen LogP) is 7.55. The van der Waals surface area contributed by atoms with Gasteiger partial charge in [-0.05, 0) is 109 Å². The predicted molar refractivity (Wildman–Crippen MR) is 153 cm³/mol. The van der Waals surface area contributed by atoms with Gasteiger partial charge in [0.15, 0.2) is 0 Å². The second-order valence-corrected chi connectivity index (χ2v) is 12.7. The third-order valence-electron chi connectivity index (χ3n) is 9.35. The SMILES string of the molecule is O=C(NCc1cccc2ccccc12)c1cc(Cl)ccc1OCC(O)CCCC12CC3CC(CC(C3)C1)C2. The van der Waals surface area contributed by atoms with Crippen LogP contribution >= 0.6 is 11.6 Å². The van der Waals surface area contributed by atoms with E-state index in [9.17, 15) is 9.90 Å². The second-order valence-electron chi connectivity index (χ2n) is 12.2. The molecule has 0 saturated heterocycles. The lowest BCUT2D eigenvalue weighted by Crippen LogP contribution is -2.46. The molecule has 0 heterocycles. The fraction of sp³-hybridized carbons (Fsp3) is 0.485. The van der Waals surface area contributed by atoms with Crippen molar-refractivity contribution in [2.45, 2.75) is 70.4 Å². The Balaban J connectivity index is 1.03. The molecule has 5 heteroatoms. The molecule has 4 aliphatic carbocycles. The zero-order valence-corrected chi connectivity index (χ0v) is 22.8. The van der Waals surface area contributed by atoms with E-state index in [1.807, 2.05) is 24.3 Å². The second kappa shape index (κ2) is 10.9. The highest BCUT2D eigenvalue weighted by Crippen LogP contribution is 2.61. The van der Waals surface area contributed by atoms with Crippen molar-refractivity contribution in [1.29, 1.82) is 0 Å². The molecule has 4 saturated carbocycles.